The highest BCUT2D eigenvalue weighted by atomic mass is 16.1. The molecule has 2 heterocycles. The van der Waals surface area contributed by atoms with E-state index in [4.69, 9.17) is 0 Å². The second-order valence-electron chi connectivity index (χ2n) is 6.75. The first-order valence-electron chi connectivity index (χ1n) is 9.35. The Labute approximate surface area is 169 Å². The molecule has 0 unspecified atom stereocenters. The summed E-state index contributed by atoms with van der Waals surface area (Å²) in [6, 6.07) is 20.0. The van der Waals surface area contributed by atoms with Crippen molar-refractivity contribution in [2.24, 2.45) is 0 Å². The summed E-state index contributed by atoms with van der Waals surface area (Å²) in [6.45, 7) is 0. The molecule has 0 atom stereocenters. The number of hydrogen-bond donors (Lipinski definition) is 1. The summed E-state index contributed by atoms with van der Waals surface area (Å²) < 4.78 is 0. The number of hydrogen-bond acceptors (Lipinski definition) is 5. The summed E-state index contributed by atoms with van der Waals surface area (Å²) in [5.41, 5.74) is 4.62. The van der Waals surface area contributed by atoms with Crippen molar-refractivity contribution in [2.75, 3.05) is 19.0 Å². The Hall–Kier alpha value is -3.80. The van der Waals surface area contributed by atoms with E-state index in [1.807, 2.05) is 37.4 Å². The van der Waals surface area contributed by atoms with Gasteiger partial charge in [0.1, 0.15) is 17.8 Å². The van der Waals surface area contributed by atoms with Gasteiger partial charge < -0.3 is 10.2 Å². The molecule has 6 heteroatoms. The van der Waals surface area contributed by atoms with Gasteiger partial charge in [0.25, 0.3) is 5.91 Å². The van der Waals surface area contributed by atoms with Crippen molar-refractivity contribution < 1.29 is 4.79 Å². The highest BCUT2D eigenvalue weighted by Crippen LogP contribution is 2.28. The zero-order chi connectivity index (χ0) is 20.2. The topological polar surface area (TPSA) is 71.0 Å². The smallest absolute Gasteiger partial charge is 0.269 e. The molecule has 0 fully saturated rings. The van der Waals surface area contributed by atoms with Crippen LogP contribution in [0.15, 0.2) is 73.2 Å². The van der Waals surface area contributed by atoms with E-state index in [0.29, 0.717) is 5.69 Å². The van der Waals surface area contributed by atoms with Gasteiger partial charge in [-0.05, 0) is 47.9 Å². The molecule has 2 aromatic heterocycles. The zero-order valence-electron chi connectivity index (χ0n) is 16.3. The normalized spacial score (nSPS) is 10.7. The fraction of sp³-hybridized carbons (Fsp3) is 0.130. The number of nitrogens with zero attached hydrogens (tertiary/aromatic N) is 4. The standard InChI is InChI=1S/C23H21N5O/c1-24-23(29)21-12-9-17(14-25-21)13-16-7-10-18(11-8-16)28(2)22-19-5-3-4-6-20(19)26-15-27-22/h3-12,14-15H,13H2,1-2H3,(H,24,29). The number of anilines is 2. The number of pyridine rings is 1. The molecule has 1 amide bonds. The maximum absolute atomic E-state index is 11.6. The van der Waals surface area contributed by atoms with Gasteiger partial charge in [-0.2, -0.15) is 0 Å². The van der Waals surface area contributed by atoms with Crippen LogP contribution in [0.4, 0.5) is 11.5 Å². The van der Waals surface area contributed by atoms with Gasteiger partial charge in [-0.1, -0.05) is 30.3 Å². The first-order chi connectivity index (χ1) is 14.2. The SMILES string of the molecule is CNC(=O)c1ccc(Cc2ccc(N(C)c3ncnc4ccccc34)cc2)cn1. The van der Waals surface area contributed by atoms with Crippen LogP contribution in [-0.2, 0) is 6.42 Å². The Morgan fingerprint density at radius 3 is 2.41 bits per heavy atom. The summed E-state index contributed by atoms with van der Waals surface area (Å²) in [7, 11) is 3.60. The van der Waals surface area contributed by atoms with Crippen LogP contribution in [0.3, 0.4) is 0 Å². The van der Waals surface area contributed by atoms with E-state index in [9.17, 15) is 4.79 Å². The van der Waals surface area contributed by atoms with E-state index in [0.717, 1.165) is 34.4 Å². The Balaban J connectivity index is 1.52. The van der Waals surface area contributed by atoms with Gasteiger partial charge in [0.15, 0.2) is 0 Å². The number of para-hydroxylation sites is 1. The molecule has 4 aromatic rings. The van der Waals surface area contributed by atoms with Crippen LogP contribution in [0.5, 0.6) is 0 Å². The molecule has 0 saturated carbocycles. The Morgan fingerprint density at radius 2 is 1.69 bits per heavy atom. The molecule has 0 radical (unpaired) electrons. The number of amides is 1. The van der Waals surface area contributed by atoms with Crippen LogP contribution in [0.1, 0.15) is 21.6 Å². The molecule has 2 aromatic carbocycles. The van der Waals surface area contributed by atoms with Gasteiger partial charge in [0.05, 0.1) is 5.52 Å². The summed E-state index contributed by atoms with van der Waals surface area (Å²) in [4.78, 5) is 26.7. The number of carbonyl (C=O) groups is 1. The monoisotopic (exact) mass is 383 g/mol. The van der Waals surface area contributed by atoms with Gasteiger partial charge >= 0.3 is 0 Å². The highest BCUT2D eigenvalue weighted by molar-refractivity contribution is 5.92. The third-order valence-electron chi connectivity index (χ3n) is 4.86. The average molecular weight is 383 g/mol. The summed E-state index contributed by atoms with van der Waals surface area (Å²) in [5, 5.41) is 3.59. The molecule has 0 aliphatic rings. The summed E-state index contributed by atoms with van der Waals surface area (Å²) in [5.74, 6) is 0.693. The lowest BCUT2D eigenvalue weighted by atomic mass is 10.1. The van der Waals surface area contributed by atoms with Gasteiger partial charge in [-0.25, -0.2) is 9.97 Å². The van der Waals surface area contributed by atoms with E-state index >= 15 is 0 Å². The van der Waals surface area contributed by atoms with E-state index in [1.54, 1.807) is 25.6 Å². The predicted molar refractivity (Wildman–Crippen MR) is 114 cm³/mol. The molecule has 1 N–H and O–H groups in total. The van der Waals surface area contributed by atoms with Gasteiger partial charge in [-0.15, -0.1) is 0 Å². The lowest BCUT2D eigenvalue weighted by molar-refractivity contribution is 0.0958. The van der Waals surface area contributed by atoms with Gasteiger partial charge in [-0.3, -0.25) is 9.78 Å². The number of aromatic nitrogens is 3. The van der Waals surface area contributed by atoms with Crippen molar-refractivity contribution in [3.63, 3.8) is 0 Å². The van der Waals surface area contributed by atoms with Crippen LogP contribution in [0.25, 0.3) is 10.9 Å². The Kier molecular flexibility index (Phi) is 5.16. The maximum atomic E-state index is 11.6. The fourth-order valence-electron chi connectivity index (χ4n) is 3.24. The molecule has 6 nitrogen and oxygen atoms in total. The fourth-order valence-corrected chi connectivity index (χ4v) is 3.24. The predicted octanol–water partition coefficient (Wildman–Crippen LogP) is 3.74. The van der Waals surface area contributed by atoms with Crippen molar-refractivity contribution in [3.8, 4) is 0 Å². The Morgan fingerprint density at radius 1 is 0.931 bits per heavy atom. The van der Waals surface area contributed by atoms with Crippen molar-refractivity contribution >= 4 is 28.3 Å². The summed E-state index contributed by atoms with van der Waals surface area (Å²) in [6.07, 6.45) is 4.09. The van der Waals surface area contributed by atoms with Crippen LogP contribution >= 0.6 is 0 Å². The molecule has 4 rings (SSSR count). The van der Waals surface area contributed by atoms with Crippen molar-refractivity contribution in [1.82, 2.24) is 20.3 Å². The van der Waals surface area contributed by atoms with Crippen LogP contribution in [0.2, 0.25) is 0 Å². The largest absolute Gasteiger partial charge is 0.354 e. The van der Waals surface area contributed by atoms with Crippen molar-refractivity contribution in [2.45, 2.75) is 6.42 Å². The highest BCUT2D eigenvalue weighted by Gasteiger charge is 2.10. The minimum atomic E-state index is -0.179. The number of nitrogens with one attached hydrogen (secondary N) is 1. The minimum absolute atomic E-state index is 0.179. The quantitative estimate of drug-likeness (QED) is 0.568. The van der Waals surface area contributed by atoms with E-state index < -0.39 is 0 Å². The van der Waals surface area contributed by atoms with Crippen molar-refractivity contribution in [3.05, 3.63) is 90.0 Å². The first kappa shape index (κ1) is 18.6. The molecule has 0 spiro atoms. The number of benzene rings is 2. The van der Waals surface area contributed by atoms with Crippen LogP contribution < -0.4 is 10.2 Å². The number of fused-ring (bicyclic) bond motifs is 1. The van der Waals surface area contributed by atoms with Crippen molar-refractivity contribution in [1.29, 1.82) is 0 Å². The molecule has 29 heavy (non-hydrogen) atoms. The molecule has 0 aliphatic carbocycles. The van der Waals surface area contributed by atoms with Crippen LogP contribution in [-0.4, -0.2) is 35.0 Å². The van der Waals surface area contributed by atoms with Gasteiger partial charge in [0, 0.05) is 31.4 Å². The maximum Gasteiger partial charge on any atom is 0.269 e. The molecule has 0 aliphatic heterocycles. The van der Waals surface area contributed by atoms with E-state index in [1.165, 1.54) is 5.56 Å². The third kappa shape index (κ3) is 3.91. The number of rotatable bonds is 5. The van der Waals surface area contributed by atoms with Gasteiger partial charge in [0.2, 0.25) is 0 Å². The lowest BCUT2D eigenvalue weighted by Crippen LogP contribution is -2.19. The van der Waals surface area contributed by atoms with E-state index in [2.05, 4.69) is 49.4 Å². The molecular weight excluding hydrogens is 362 g/mol. The average Bonchev–Trinajstić information content (AvgIpc) is 2.78. The Bertz CT molecular complexity index is 1130. The zero-order valence-corrected chi connectivity index (χ0v) is 16.3. The van der Waals surface area contributed by atoms with E-state index in [-0.39, 0.29) is 5.91 Å². The first-order valence-corrected chi connectivity index (χ1v) is 9.35. The minimum Gasteiger partial charge on any atom is -0.354 e. The molecule has 0 saturated heterocycles. The third-order valence-corrected chi connectivity index (χ3v) is 4.86. The van der Waals surface area contributed by atoms with Crippen LogP contribution in [0, 0.1) is 0 Å². The summed E-state index contributed by atoms with van der Waals surface area (Å²) >= 11 is 0. The second kappa shape index (κ2) is 8.06. The second-order valence-corrected chi connectivity index (χ2v) is 6.75. The molecule has 144 valence electrons. The molecule has 0 bridgehead atoms. The number of carbonyl (C=O) groups excluding carboxylic acids is 1. The lowest BCUT2D eigenvalue weighted by Gasteiger charge is -2.20. The molecular formula is C23H21N5O.